The molecule has 0 saturated carbocycles. The minimum atomic E-state index is -0.401. The van der Waals surface area contributed by atoms with E-state index in [-0.39, 0.29) is 16.9 Å². The van der Waals surface area contributed by atoms with Crippen molar-refractivity contribution in [3.8, 4) is 5.69 Å². The zero-order valence-electron chi connectivity index (χ0n) is 13.9. The number of aromatic amines is 1. The summed E-state index contributed by atoms with van der Waals surface area (Å²) < 4.78 is 7.10. The van der Waals surface area contributed by atoms with E-state index in [1.165, 1.54) is 4.68 Å². The van der Waals surface area contributed by atoms with Gasteiger partial charge in [0.15, 0.2) is 5.76 Å². The van der Waals surface area contributed by atoms with Crippen molar-refractivity contribution >= 4 is 16.8 Å². The molecule has 0 aliphatic rings. The number of fused-ring (bicyclic) bond motifs is 1. The van der Waals surface area contributed by atoms with Crippen LogP contribution in [0.3, 0.4) is 0 Å². The summed E-state index contributed by atoms with van der Waals surface area (Å²) >= 11 is 0. The maximum absolute atomic E-state index is 13.0. The van der Waals surface area contributed by atoms with Gasteiger partial charge in [0.1, 0.15) is 11.1 Å². The molecule has 0 bridgehead atoms. The van der Waals surface area contributed by atoms with Crippen LogP contribution < -0.4 is 5.56 Å². The third-order valence-electron chi connectivity index (χ3n) is 4.36. The SMILES string of the molecule is Cc1[nH]n(-c2ccccc2)c(=O)c1C(=O)c1oc2ccccc2c1C. The zero-order valence-corrected chi connectivity index (χ0v) is 13.9. The van der Waals surface area contributed by atoms with Gasteiger partial charge in [0.05, 0.1) is 5.69 Å². The lowest BCUT2D eigenvalue weighted by atomic mass is 10.1. The van der Waals surface area contributed by atoms with E-state index in [4.69, 9.17) is 4.42 Å². The third kappa shape index (κ3) is 2.32. The van der Waals surface area contributed by atoms with Crippen molar-refractivity contribution in [3.05, 3.63) is 87.5 Å². The second kappa shape index (κ2) is 5.63. The second-order valence-corrected chi connectivity index (χ2v) is 5.97. The molecule has 0 aliphatic heterocycles. The minimum absolute atomic E-state index is 0.103. The molecular formula is C20H16N2O3. The number of nitrogens with zero attached hydrogens (tertiary/aromatic N) is 1. The Bertz CT molecular complexity index is 1150. The first-order valence-electron chi connectivity index (χ1n) is 7.98. The topological polar surface area (TPSA) is 68.0 Å². The molecule has 124 valence electrons. The van der Waals surface area contributed by atoms with E-state index >= 15 is 0 Å². The summed E-state index contributed by atoms with van der Waals surface area (Å²) in [5.74, 6) is -0.192. The van der Waals surface area contributed by atoms with Crippen LogP contribution >= 0.6 is 0 Å². The third-order valence-corrected chi connectivity index (χ3v) is 4.36. The van der Waals surface area contributed by atoms with E-state index in [1.54, 1.807) is 19.1 Å². The van der Waals surface area contributed by atoms with Gasteiger partial charge in [0, 0.05) is 16.6 Å². The van der Waals surface area contributed by atoms with Gasteiger partial charge in [-0.2, -0.15) is 0 Å². The van der Waals surface area contributed by atoms with Crippen LogP contribution in [0, 0.1) is 13.8 Å². The van der Waals surface area contributed by atoms with Gasteiger partial charge in [-0.15, -0.1) is 0 Å². The summed E-state index contributed by atoms with van der Waals surface area (Å²) in [4.78, 5) is 25.8. The lowest BCUT2D eigenvalue weighted by Crippen LogP contribution is -2.21. The molecule has 0 spiro atoms. The highest BCUT2D eigenvalue weighted by Gasteiger charge is 2.26. The first-order valence-corrected chi connectivity index (χ1v) is 7.98. The summed E-state index contributed by atoms with van der Waals surface area (Å²) in [5.41, 5.74) is 2.29. The summed E-state index contributed by atoms with van der Waals surface area (Å²) in [6, 6.07) is 16.6. The smallest absolute Gasteiger partial charge is 0.282 e. The Balaban J connectivity index is 1.87. The van der Waals surface area contributed by atoms with E-state index < -0.39 is 5.78 Å². The van der Waals surface area contributed by atoms with Crippen molar-refractivity contribution in [2.45, 2.75) is 13.8 Å². The van der Waals surface area contributed by atoms with Crippen LogP contribution in [-0.4, -0.2) is 15.6 Å². The molecule has 4 rings (SSSR count). The molecule has 2 heterocycles. The van der Waals surface area contributed by atoms with Gasteiger partial charge in [-0.1, -0.05) is 36.4 Å². The Morgan fingerprint density at radius 2 is 1.68 bits per heavy atom. The highest BCUT2D eigenvalue weighted by molar-refractivity contribution is 6.11. The van der Waals surface area contributed by atoms with Gasteiger partial charge >= 0.3 is 0 Å². The molecule has 0 atom stereocenters. The largest absolute Gasteiger partial charge is 0.452 e. The Kier molecular flexibility index (Phi) is 3.42. The highest BCUT2D eigenvalue weighted by Crippen LogP contribution is 2.26. The van der Waals surface area contributed by atoms with Crippen molar-refractivity contribution in [2.75, 3.05) is 0 Å². The molecule has 1 N–H and O–H groups in total. The van der Waals surface area contributed by atoms with Gasteiger partial charge < -0.3 is 4.42 Å². The van der Waals surface area contributed by atoms with Gasteiger partial charge in [-0.3, -0.25) is 14.7 Å². The Labute approximate surface area is 143 Å². The molecule has 0 radical (unpaired) electrons. The molecule has 5 nitrogen and oxygen atoms in total. The molecule has 0 aliphatic carbocycles. The maximum atomic E-state index is 13.0. The van der Waals surface area contributed by atoms with Crippen LogP contribution in [0.25, 0.3) is 16.7 Å². The van der Waals surface area contributed by atoms with E-state index in [2.05, 4.69) is 5.10 Å². The summed E-state index contributed by atoms with van der Waals surface area (Å²) in [6.45, 7) is 3.54. The average Bonchev–Trinajstić information content (AvgIpc) is 3.12. The number of hydrogen-bond donors (Lipinski definition) is 1. The Morgan fingerprint density at radius 3 is 2.40 bits per heavy atom. The van der Waals surface area contributed by atoms with E-state index in [0.29, 0.717) is 17.0 Å². The van der Waals surface area contributed by atoms with Crippen molar-refractivity contribution < 1.29 is 9.21 Å². The van der Waals surface area contributed by atoms with Crippen LogP contribution in [0.2, 0.25) is 0 Å². The predicted molar refractivity (Wildman–Crippen MR) is 95.5 cm³/mol. The standard InChI is InChI=1S/C20H16N2O3/c1-12-15-10-6-7-11-16(15)25-19(12)18(23)17-13(2)21-22(20(17)24)14-8-4-3-5-9-14/h3-11,21H,1-2H3. The van der Waals surface area contributed by atoms with Crippen molar-refractivity contribution in [1.82, 2.24) is 9.78 Å². The quantitative estimate of drug-likeness (QED) is 0.581. The fraction of sp³-hybridized carbons (Fsp3) is 0.100. The van der Waals surface area contributed by atoms with Crippen LogP contribution in [0.5, 0.6) is 0 Å². The molecule has 2 aromatic heterocycles. The molecule has 0 saturated heterocycles. The number of aromatic nitrogens is 2. The van der Waals surface area contributed by atoms with Gasteiger partial charge in [-0.25, -0.2) is 4.68 Å². The number of nitrogens with one attached hydrogen (secondary N) is 1. The number of hydrogen-bond acceptors (Lipinski definition) is 3. The number of furan rings is 1. The number of para-hydroxylation sites is 2. The normalized spacial score (nSPS) is 11.1. The fourth-order valence-electron chi connectivity index (χ4n) is 3.08. The summed E-state index contributed by atoms with van der Waals surface area (Å²) in [7, 11) is 0. The van der Waals surface area contributed by atoms with Crippen LogP contribution in [0.15, 0.2) is 63.8 Å². The first kappa shape index (κ1) is 15.2. The summed E-state index contributed by atoms with van der Waals surface area (Å²) in [5, 5.41) is 3.85. The molecular weight excluding hydrogens is 316 g/mol. The summed E-state index contributed by atoms with van der Waals surface area (Å²) in [6.07, 6.45) is 0. The molecule has 2 aromatic carbocycles. The first-order chi connectivity index (χ1) is 12.1. The number of aryl methyl sites for hydroxylation is 2. The molecule has 0 unspecified atom stereocenters. The fourth-order valence-corrected chi connectivity index (χ4v) is 3.08. The predicted octanol–water partition coefficient (Wildman–Crippen LogP) is 3.76. The maximum Gasteiger partial charge on any atom is 0.282 e. The van der Waals surface area contributed by atoms with Gasteiger partial charge in [-0.05, 0) is 32.0 Å². The van der Waals surface area contributed by atoms with E-state index in [9.17, 15) is 9.59 Å². The molecule has 0 amide bonds. The molecule has 4 aromatic rings. The van der Waals surface area contributed by atoms with Crippen LogP contribution in [0.1, 0.15) is 27.4 Å². The zero-order chi connectivity index (χ0) is 17.6. The highest BCUT2D eigenvalue weighted by atomic mass is 16.3. The number of rotatable bonds is 3. The Morgan fingerprint density at radius 1 is 1.00 bits per heavy atom. The molecule has 25 heavy (non-hydrogen) atoms. The van der Waals surface area contributed by atoms with Gasteiger partial charge in [0.25, 0.3) is 5.56 Å². The van der Waals surface area contributed by atoms with Crippen molar-refractivity contribution in [1.29, 1.82) is 0 Å². The number of carbonyl (C=O) groups excluding carboxylic acids is 1. The second-order valence-electron chi connectivity index (χ2n) is 5.97. The molecule has 5 heteroatoms. The van der Waals surface area contributed by atoms with Crippen LogP contribution in [0.4, 0.5) is 0 Å². The lowest BCUT2D eigenvalue weighted by molar-refractivity contribution is 0.101. The number of ketones is 1. The Hall–Kier alpha value is -3.34. The number of H-pyrrole nitrogens is 1. The van der Waals surface area contributed by atoms with E-state index in [1.807, 2.05) is 49.4 Å². The van der Waals surface area contributed by atoms with Gasteiger partial charge in [0.2, 0.25) is 5.78 Å². The average molecular weight is 332 g/mol. The van der Waals surface area contributed by atoms with Crippen molar-refractivity contribution in [2.24, 2.45) is 0 Å². The van der Waals surface area contributed by atoms with Crippen LogP contribution in [-0.2, 0) is 0 Å². The monoisotopic (exact) mass is 332 g/mol. The van der Waals surface area contributed by atoms with Crippen molar-refractivity contribution in [3.63, 3.8) is 0 Å². The minimum Gasteiger partial charge on any atom is -0.452 e. The lowest BCUT2D eigenvalue weighted by Gasteiger charge is -1.99. The number of carbonyl (C=O) groups is 1. The molecule has 0 fully saturated rings. The number of benzene rings is 2. The van der Waals surface area contributed by atoms with E-state index in [0.717, 1.165) is 10.9 Å².